The molecule has 0 unspecified atom stereocenters. The first-order valence-corrected chi connectivity index (χ1v) is 7.93. The maximum absolute atomic E-state index is 12.1. The molecule has 1 aliphatic heterocycles. The van der Waals surface area contributed by atoms with E-state index in [1.807, 2.05) is 6.07 Å². The summed E-state index contributed by atoms with van der Waals surface area (Å²) in [6, 6.07) is 5.16. The molecule has 0 aliphatic carbocycles. The van der Waals surface area contributed by atoms with Crippen LogP contribution in [0.2, 0.25) is 0 Å². The van der Waals surface area contributed by atoms with Gasteiger partial charge >= 0.3 is 0 Å². The van der Waals surface area contributed by atoms with Gasteiger partial charge in [0.15, 0.2) is 9.84 Å². The van der Waals surface area contributed by atoms with Gasteiger partial charge in [-0.2, -0.15) is 0 Å². The van der Waals surface area contributed by atoms with Gasteiger partial charge in [0.1, 0.15) is 0 Å². The number of nitrogen functional groups attached to an aromatic ring is 1. The number of hydrogen-bond acceptors (Lipinski definition) is 5. The monoisotopic (exact) mass is 284 g/mol. The van der Waals surface area contributed by atoms with Crippen molar-refractivity contribution >= 4 is 21.2 Å². The Bertz CT molecular complexity index is 549. The van der Waals surface area contributed by atoms with Crippen molar-refractivity contribution in [1.29, 1.82) is 0 Å². The molecule has 0 spiro atoms. The van der Waals surface area contributed by atoms with E-state index in [1.165, 1.54) is 0 Å². The van der Waals surface area contributed by atoms with Crippen molar-refractivity contribution in [3.63, 3.8) is 0 Å². The van der Waals surface area contributed by atoms with Crippen molar-refractivity contribution in [1.82, 2.24) is 0 Å². The Morgan fingerprint density at radius 2 is 1.89 bits per heavy atom. The number of benzene rings is 1. The summed E-state index contributed by atoms with van der Waals surface area (Å²) in [5, 5.41) is -0.468. The number of nitrogens with zero attached hydrogens (tertiary/aromatic N) is 1. The number of rotatable bonds is 3. The number of anilines is 2. The minimum atomic E-state index is -3.32. The molecule has 0 radical (unpaired) electrons. The third kappa shape index (κ3) is 2.84. The van der Waals surface area contributed by atoms with Gasteiger partial charge in [-0.15, -0.1) is 0 Å². The molecule has 19 heavy (non-hydrogen) atoms. The van der Waals surface area contributed by atoms with E-state index in [-0.39, 0.29) is 4.90 Å². The van der Waals surface area contributed by atoms with Crippen molar-refractivity contribution in [3.05, 3.63) is 18.2 Å². The van der Waals surface area contributed by atoms with Crippen LogP contribution in [-0.4, -0.2) is 40.0 Å². The van der Waals surface area contributed by atoms with Gasteiger partial charge in [-0.3, -0.25) is 0 Å². The predicted octanol–water partition coefficient (Wildman–Crippen LogP) is 1.29. The van der Waals surface area contributed by atoms with Gasteiger partial charge in [0.2, 0.25) is 0 Å². The molecular weight excluding hydrogens is 264 g/mol. The first-order valence-electron chi connectivity index (χ1n) is 6.39. The van der Waals surface area contributed by atoms with E-state index in [0.717, 1.165) is 18.8 Å². The average Bonchev–Trinajstić information content (AvgIpc) is 2.39. The van der Waals surface area contributed by atoms with E-state index in [4.69, 9.17) is 10.5 Å². The molecule has 0 atom stereocenters. The lowest BCUT2D eigenvalue weighted by molar-refractivity contribution is 0.122. The molecule has 1 aromatic carbocycles. The highest BCUT2D eigenvalue weighted by molar-refractivity contribution is 7.92. The molecule has 1 saturated heterocycles. The van der Waals surface area contributed by atoms with E-state index in [1.54, 1.807) is 26.0 Å². The summed E-state index contributed by atoms with van der Waals surface area (Å²) >= 11 is 0. The summed E-state index contributed by atoms with van der Waals surface area (Å²) in [6.07, 6.45) is 0. The second kappa shape index (κ2) is 5.38. The Balaban J connectivity index is 2.32. The normalized spacial score (nSPS) is 16.9. The largest absolute Gasteiger partial charge is 0.398 e. The first-order chi connectivity index (χ1) is 8.93. The quantitative estimate of drug-likeness (QED) is 0.847. The molecule has 0 bridgehead atoms. The Labute approximate surface area is 114 Å². The lowest BCUT2D eigenvalue weighted by Gasteiger charge is -2.29. The molecule has 6 heteroatoms. The second-order valence-corrected chi connectivity index (χ2v) is 7.39. The maximum atomic E-state index is 12.1. The molecule has 106 valence electrons. The molecule has 1 aromatic rings. The van der Waals surface area contributed by atoms with Gasteiger partial charge in [0.05, 0.1) is 29.0 Å². The van der Waals surface area contributed by atoms with Gasteiger partial charge < -0.3 is 15.4 Å². The lowest BCUT2D eigenvalue weighted by atomic mass is 10.2. The third-order valence-electron chi connectivity index (χ3n) is 3.30. The van der Waals surface area contributed by atoms with E-state index in [0.29, 0.717) is 18.9 Å². The number of sulfone groups is 1. The predicted molar refractivity (Wildman–Crippen MR) is 76.2 cm³/mol. The van der Waals surface area contributed by atoms with Crippen LogP contribution in [-0.2, 0) is 14.6 Å². The minimum absolute atomic E-state index is 0.222. The Hall–Kier alpha value is -1.27. The maximum Gasteiger partial charge on any atom is 0.182 e. The Morgan fingerprint density at radius 1 is 1.26 bits per heavy atom. The number of nitrogens with two attached hydrogens (primary N) is 1. The van der Waals surface area contributed by atoms with Crippen molar-refractivity contribution in [2.45, 2.75) is 24.0 Å². The molecule has 1 fully saturated rings. The van der Waals surface area contributed by atoms with Crippen LogP contribution in [0.3, 0.4) is 0 Å². The highest BCUT2D eigenvalue weighted by Crippen LogP contribution is 2.27. The van der Waals surface area contributed by atoms with Crippen LogP contribution >= 0.6 is 0 Å². The molecule has 5 nitrogen and oxygen atoms in total. The number of morpholine rings is 1. The summed E-state index contributed by atoms with van der Waals surface area (Å²) < 4.78 is 29.5. The second-order valence-electron chi connectivity index (χ2n) is 4.92. The fourth-order valence-corrected chi connectivity index (χ4v) is 3.22. The summed E-state index contributed by atoms with van der Waals surface area (Å²) in [6.45, 7) is 6.29. The molecule has 0 amide bonds. The Morgan fingerprint density at radius 3 is 2.42 bits per heavy atom. The van der Waals surface area contributed by atoms with Crippen LogP contribution in [0.15, 0.2) is 23.1 Å². The zero-order valence-corrected chi connectivity index (χ0v) is 12.1. The van der Waals surface area contributed by atoms with Gasteiger partial charge in [0, 0.05) is 18.8 Å². The first kappa shape index (κ1) is 14.1. The molecule has 1 heterocycles. The van der Waals surface area contributed by atoms with Gasteiger partial charge in [0.25, 0.3) is 0 Å². The molecule has 0 saturated carbocycles. The van der Waals surface area contributed by atoms with Crippen LogP contribution < -0.4 is 10.6 Å². The summed E-state index contributed by atoms with van der Waals surface area (Å²) in [5.41, 5.74) is 7.18. The number of ether oxygens (including phenoxy) is 1. The summed E-state index contributed by atoms with van der Waals surface area (Å²) in [4.78, 5) is 2.37. The fourth-order valence-electron chi connectivity index (χ4n) is 2.07. The fraction of sp³-hybridized carbons (Fsp3) is 0.538. The molecule has 2 rings (SSSR count). The zero-order valence-electron chi connectivity index (χ0n) is 11.3. The van der Waals surface area contributed by atoms with Crippen LogP contribution in [0, 0.1) is 0 Å². The van der Waals surface area contributed by atoms with Crippen molar-refractivity contribution < 1.29 is 13.2 Å². The van der Waals surface area contributed by atoms with Crippen LogP contribution in [0.1, 0.15) is 13.8 Å². The average molecular weight is 284 g/mol. The standard InChI is InChI=1S/C13H20N2O3S/c1-10(2)19(16,17)13-4-3-11(9-12(13)14)15-5-7-18-8-6-15/h3-4,9-10H,5-8,14H2,1-2H3. The van der Waals surface area contributed by atoms with Gasteiger partial charge in [-0.1, -0.05) is 0 Å². The highest BCUT2D eigenvalue weighted by Gasteiger charge is 2.22. The van der Waals surface area contributed by atoms with Crippen molar-refractivity contribution in [2.24, 2.45) is 0 Å². The molecule has 2 N–H and O–H groups in total. The van der Waals surface area contributed by atoms with E-state index >= 15 is 0 Å². The number of hydrogen-bond donors (Lipinski definition) is 1. The topological polar surface area (TPSA) is 72.6 Å². The zero-order chi connectivity index (χ0) is 14.0. The molecule has 1 aliphatic rings. The van der Waals surface area contributed by atoms with Gasteiger partial charge in [-0.25, -0.2) is 8.42 Å². The van der Waals surface area contributed by atoms with Crippen LogP contribution in [0.5, 0.6) is 0 Å². The van der Waals surface area contributed by atoms with E-state index in [9.17, 15) is 8.42 Å². The Kier molecular flexibility index (Phi) is 4.01. The van der Waals surface area contributed by atoms with Crippen molar-refractivity contribution in [3.8, 4) is 0 Å². The molecule has 0 aromatic heterocycles. The van der Waals surface area contributed by atoms with E-state index in [2.05, 4.69) is 4.90 Å². The third-order valence-corrected chi connectivity index (χ3v) is 5.52. The minimum Gasteiger partial charge on any atom is -0.398 e. The van der Waals surface area contributed by atoms with E-state index < -0.39 is 15.1 Å². The smallest absolute Gasteiger partial charge is 0.182 e. The highest BCUT2D eigenvalue weighted by atomic mass is 32.2. The van der Waals surface area contributed by atoms with Gasteiger partial charge in [-0.05, 0) is 32.0 Å². The van der Waals surface area contributed by atoms with Crippen LogP contribution in [0.25, 0.3) is 0 Å². The molecular formula is C13H20N2O3S. The lowest BCUT2D eigenvalue weighted by Crippen LogP contribution is -2.36. The summed E-state index contributed by atoms with van der Waals surface area (Å²) in [7, 11) is -3.32. The van der Waals surface area contributed by atoms with Crippen molar-refractivity contribution in [2.75, 3.05) is 36.9 Å². The summed E-state index contributed by atoms with van der Waals surface area (Å²) in [5.74, 6) is 0. The SMILES string of the molecule is CC(C)S(=O)(=O)c1ccc(N2CCOCC2)cc1N. The van der Waals surface area contributed by atoms with Crippen LogP contribution in [0.4, 0.5) is 11.4 Å².